The number of carbonyl (C=O) groups excluding carboxylic acids is 1. The molecule has 0 N–H and O–H groups in total. The Morgan fingerprint density at radius 3 is 2.75 bits per heavy atom. The van der Waals surface area contributed by atoms with Crippen molar-refractivity contribution in [3.8, 4) is 11.5 Å². The third-order valence-electron chi connectivity index (χ3n) is 3.48. The number of halogens is 2. The summed E-state index contributed by atoms with van der Waals surface area (Å²) in [6.07, 6.45) is 1.66. The molecule has 24 heavy (non-hydrogen) atoms. The molecule has 0 bridgehead atoms. The Balaban J connectivity index is 1.71. The smallest absolute Gasteiger partial charge is 0.363 e. The first-order chi connectivity index (χ1) is 11.6. The summed E-state index contributed by atoms with van der Waals surface area (Å²) in [5.41, 5.74) is 1.77. The van der Waals surface area contributed by atoms with Crippen LogP contribution in [0.1, 0.15) is 11.1 Å². The van der Waals surface area contributed by atoms with E-state index >= 15 is 0 Å². The fourth-order valence-corrected chi connectivity index (χ4v) is 3.32. The van der Waals surface area contributed by atoms with E-state index in [1.807, 2.05) is 24.3 Å². The standard InChI is InChI=1S/C17H9BrINO4/c18-12-7-15-14(22-8-23-15)6-10(12)5-13-17(21)24-16(20-13)9-2-1-3-11(19)4-9/h1-7H,8H2/b13-5+. The molecule has 0 aromatic heterocycles. The zero-order chi connectivity index (χ0) is 16.7. The van der Waals surface area contributed by atoms with Crippen molar-refractivity contribution in [1.29, 1.82) is 0 Å². The van der Waals surface area contributed by atoms with Crippen molar-refractivity contribution in [2.45, 2.75) is 0 Å². The van der Waals surface area contributed by atoms with Gasteiger partial charge in [0, 0.05) is 13.6 Å². The predicted molar refractivity (Wildman–Crippen MR) is 100 cm³/mol. The second-order valence-corrected chi connectivity index (χ2v) is 7.17. The summed E-state index contributed by atoms with van der Waals surface area (Å²) >= 11 is 5.66. The van der Waals surface area contributed by atoms with Crippen molar-refractivity contribution >= 4 is 56.5 Å². The van der Waals surface area contributed by atoms with Crippen LogP contribution in [0.3, 0.4) is 0 Å². The number of cyclic esters (lactones) is 1. The number of esters is 1. The van der Waals surface area contributed by atoms with Crippen molar-refractivity contribution < 1.29 is 19.0 Å². The number of ether oxygens (including phenoxy) is 3. The lowest BCUT2D eigenvalue weighted by Gasteiger charge is -2.02. The molecule has 0 saturated carbocycles. The van der Waals surface area contributed by atoms with E-state index in [1.165, 1.54) is 0 Å². The highest BCUT2D eigenvalue weighted by atomic mass is 127. The predicted octanol–water partition coefficient (Wildman–Crippen LogP) is 4.13. The number of rotatable bonds is 2. The molecule has 7 heteroatoms. The molecule has 0 amide bonds. The minimum absolute atomic E-state index is 0.193. The summed E-state index contributed by atoms with van der Waals surface area (Å²) < 4.78 is 17.8. The Morgan fingerprint density at radius 1 is 1.17 bits per heavy atom. The lowest BCUT2D eigenvalue weighted by molar-refractivity contribution is -0.129. The summed E-state index contributed by atoms with van der Waals surface area (Å²) in [5, 5.41) is 0. The van der Waals surface area contributed by atoms with Crippen LogP contribution < -0.4 is 9.47 Å². The number of hydrogen-bond acceptors (Lipinski definition) is 5. The van der Waals surface area contributed by atoms with Crippen LogP contribution in [0, 0.1) is 3.57 Å². The summed E-state index contributed by atoms with van der Waals surface area (Å²) in [6, 6.07) is 11.2. The fraction of sp³-hybridized carbons (Fsp3) is 0.0588. The van der Waals surface area contributed by atoms with Gasteiger partial charge in [-0.25, -0.2) is 9.79 Å². The third-order valence-corrected chi connectivity index (χ3v) is 4.83. The lowest BCUT2D eigenvalue weighted by atomic mass is 10.1. The van der Waals surface area contributed by atoms with Crippen molar-refractivity contribution in [3.63, 3.8) is 0 Å². The quantitative estimate of drug-likeness (QED) is 0.355. The van der Waals surface area contributed by atoms with Crippen molar-refractivity contribution in [3.05, 3.63) is 61.3 Å². The van der Waals surface area contributed by atoms with Gasteiger partial charge in [-0.15, -0.1) is 0 Å². The SMILES string of the molecule is O=C1OC(c2cccc(I)c2)=N/C1=C/c1cc2c(cc1Br)OCO2. The van der Waals surface area contributed by atoms with Crippen LogP contribution in [0.4, 0.5) is 0 Å². The van der Waals surface area contributed by atoms with Gasteiger partial charge in [-0.3, -0.25) is 0 Å². The molecule has 0 unspecified atom stereocenters. The molecule has 2 aliphatic rings. The van der Waals surface area contributed by atoms with Crippen LogP contribution in [0.5, 0.6) is 11.5 Å². The monoisotopic (exact) mass is 497 g/mol. The largest absolute Gasteiger partial charge is 0.454 e. The third kappa shape index (κ3) is 2.93. The molecule has 0 fully saturated rings. The first kappa shape index (κ1) is 15.6. The zero-order valence-corrected chi connectivity index (χ0v) is 15.8. The number of hydrogen-bond donors (Lipinski definition) is 0. The number of aliphatic imine (C=N–C) groups is 1. The van der Waals surface area contributed by atoms with Crippen LogP contribution in [0.25, 0.3) is 6.08 Å². The summed E-state index contributed by atoms with van der Waals surface area (Å²) in [7, 11) is 0. The van der Waals surface area contributed by atoms with Crippen molar-refractivity contribution in [1.82, 2.24) is 0 Å². The minimum atomic E-state index is -0.478. The van der Waals surface area contributed by atoms with Crippen LogP contribution >= 0.6 is 38.5 Å². The summed E-state index contributed by atoms with van der Waals surface area (Å²) in [5.74, 6) is 1.13. The second-order valence-electron chi connectivity index (χ2n) is 5.07. The van der Waals surface area contributed by atoms with Crippen LogP contribution in [-0.2, 0) is 9.53 Å². The topological polar surface area (TPSA) is 57.1 Å². The van der Waals surface area contributed by atoms with Gasteiger partial charge >= 0.3 is 5.97 Å². The van der Waals surface area contributed by atoms with Gasteiger partial charge in [0.25, 0.3) is 0 Å². The number of carbonyl (C=O) groups is 1. The molecule has 4 rings (SSSR count). The molecule has 0 radical (unpaired) electrons. The Hall–Kier alpha value is -1.87. The molecular formula is C17H9BrINO4. The molecule has 120 valence electrons. The zero-order valence-electron chi connectivity index (χ0n) is 12.1. The average molecular weight is 498 g/mol. The Kier molecular flexibility index (Phi) is 4.05. The molecular weight excluding hydrogens is 489 g/mol. The Labute approximate surface area is 159 Å². The van der Waals surface area contributed by atoms with Gasteiger partial charge in [-0.1, -0.05) is 22.0 Å². The second kappa shape index (κ2) is 6.21. The highest BCUT2D eigenvalue weighted by Crippen LogP contribution is 2.38. The molecule has 0 spiro atoms. The van der Waals surface area contributed by atoms with E-state index < -0.39 is 5.97 Å². The molecule has 0 aliphatic carbocycles. The molecule has 2 aromatic carbocycles. The minimum Gasteiger partial charge on any atom is -0.454 e. The van der Waals surface area contributed by atoms with Gasteiger partial charge in [0.15, 0.2) is 17.2 Å². The number of benzene rings is 2. The van der Waals surface area contributed by atoms with Gasteiger partial charge in [0.05, 0.1) is 0 Å². The van der Waals surface area contributed by atoms with Gasteiger partial charge in [0.2, 0.25) is 12.7 Å². The van der Waals surface area contributed by atoms with E-state index in [4.69, 9.17) is 14.2 Å². The van der Waals surface area contributed by atoms with Crippen LogP contribution in [-0.4, -0.2) is 18.7 Å². The van der Waals surface area contributed by atoms with Crippen LogP contribution in [0.2, 0.25) is 0 Å². The summed E-state index contributed by atoms with van der Waals surface area (Å²) in [6.45, 7) is 0.193. The molecule has 5 nitrogen and oxygen atoms in total. The van der Waals surface area contributed by atoms with Gasteiger partial charge in [-0.2, -0.15) is 0 Å². The maximum atomic E-state index is 12.1. The van der Waals surface area contributed by atoms with Crippen molar-refractivity contribution in [2.75, 3.05) is 6.79 Å². The lowest BCUT2D eigenvalue weighted by Crippen LogP contribution is -2.05. The van der Waals surface area contributed by atoms with E-state index in [9.17, 15) is 4.79 Å². The summed E-state index contributed by atoms with van der Waals surface area (Å²) in [4.78, 5) is 16.4. The first-order valence-electron chi connectivity index (χ1n) is 6.98. The van der Waals surface area contributed by atoms with E-state index in [-0.39, 0.29) is 12.5 Å². The van der Waals surface area contributed by atoms with Gasteiger partial charge < -0.3 is 14.2 Å². The highest BCUT2D eigenvalue weighted by molar-refractivity contribution is 14.1. The first-order valence-corrected chi connectivity index (χ1v) is 8.85. The normalized spacial score (nSPS) is 17.2. The Morgan fingerprint density at radius 2 is 1.96 bits per heavy atom. The van der Waals surface area contributed by atoms with E-state index in [0.717, 1.165) is 19.2 Å². The molecule has 2 heterocycles. The maximum absolute atomic E-state index is 12.1. The highest BCUT2D eigenvalue weighted by Gasteiger charge is 2.25. The average Bonchev–Trinajstić information content (AvgIpc) is 3.14. The van der Waals surface area contributed by atoms with Gasteiger partial charge in [-0.05, 0) is 64.6 Å². The van der Waals surface area contributed by atoms with E-state index in [1.54, 1.807) is 18.2 Å². The molecule has 0 atom stereocenters. The maximum Gasteiger partial charge on any atom is 0.363 e. The number of fused-ring (bicyclic) bond motifs is 1. The van der Waals surface area contributed by atoms with E-state index in [2.05, 4.69) is 43.5 Å². The molecule has 2 aromatic rings. The molecule has 0 saturated heterocycles. The fourth-order valence-electron chi connectivity index (χ4n) is 2.34. The van der Waals surface area contributed by atoms with E-state index in [0.29, 0.717) is 17.4 Å². The van der Waals surface area contributed by atoms with Crippen LogP contribution in [0.15, 0.2) is 51.6 Å². The number of nitrogens with zero attached hydrogens (tertiary/aromatic N) is 1. The van der Waals surface area contributed by atoms with Gasteiger partial charge in [0.1, 0.15) is 0 Å². The van der Waals surface area contributed by atoms with Crippen molar-refractivity contribution in [2.24, 2.45) is 4.99 Å². The molecule has 2 aliphatic heterocycles. The Bertz CT molecular complexity index is 923.